The maximum Gasteiger partial charge on any atom is 0.293 e. The van der Waals surface area contributed by atoms with Gasteiger partial charge in [0.1, 0.15) is 12.4 Å². The maximum absolute atomic E-state index is 12.4. The topological polar surface area (TPSA) is 46.6 Å². The van der Waals surface area contributed by atoms with Crippen LogP contribution in [0.5, 0.6) is 5.75 Å². The lowest BCUT2D eigenvalue weighted by Crippen LogP contribution is -2.32. The third kappa shape index (κ3) is 4.31. The average Bonchev–Trinajstić information content (AvgIpc) is 2.84. The lowest BCUT2D eigenvalue weighted by molar-refractivity contribution is -0.123. The number of amides is 2. The summed E-state index contributed by atoms with van der Waals surface area (Å²) in [4.78, 5) is 26.2. The summed E-state index contributed by atoms with van der Waals surface area (Å²) in [6.07, 6.45) is 1.76. The predicted octanol–water partition coefficient (Wildman–Crippen LogP) is 4.42. The second kappa shape index (κ2) is 7.57. The van der Waals surface area contributed by atoms with E-state index in [0.717, 1.165) is 34.2 Å². The van der Waals surface area contributed by atoms with Crippen LogP contribution in [0.2, 0.25) is 0 Å². The van der Waals surface area contributed by atoms with Gasteiger partial charge in [-0.1, -0.05) is 42.0 Å². The Balaban J connectivity index is 1.62. The number of imide groups is 1. The molecule has 0 spiro atoms. The number of carbonyl (C=O) groups excluding carboxylic acids is 2. The van der Waals surface area contributed by atoms with Crippen LogP contribution in [0.4, 0.5) is 4.79 Å². The van der Waals surface area contributed by atoms with Gasteiger partial charge in [0.25, 0.3) is 11.1 Å². The zero-order valence-corrected chi connectivity index (χ0v) is 15.0. The molecule has 1 aliphatic heterocycles. The van der Waals surface area contributed by atoms with Gasteiger partial charge < -0.3 is 4.74 Å². The summed E-state index contributed by atoms with van der Waals surface area (Å²) in [7, 11) is 0. The average molecular weight is 353 g/mol. The molecule has 0 aromatic heterocycles. The molecule has 0 radical (unpaired) electrons. The van der Waals surface area contributed by atoms with Crippen molar-refractivity contribution >= 4 is 29.0 Å². The standard InChI is InChI=1S/C20H19NO3S/c1-14-6-8-16(9-7-14)13-18-19(22)21(20(23)25-18)10-11-24-17-5-3-4-15(2)12-17/h3-9,12-13H,10-11H2,1-2H3/b18-13-. The van der Waals surface area contributed by atoms with Gasteiger partial charge in [-0.05, 0) is 54.9 Å². The highest BCUT2D eigenvalue weighted by molar-refractivity contribution is 8.18. The molecule has 3 rings (SSSR count). The molecule has 1 heterocycles. The molecule has 2 aromatic rings. The number of ether oxygens (including phenoxy) is 1. The van der Waals surface area contributed by atoms with Crippen molar-refractivity contribution < 1.29 is 14.3 Å². The Morgan fingerprint density at radius 1 is 1.04 bits per heavy atom. The van der Waals surface area contributed by atoms with Crippen LogP contribution in [0, 0.1) is 13.8 Å². The first kappa shape index (κ1) is 17.3. The Hall–Kier alpha value is -2.53. The number of benzene rings is 2. The fourth-order valence-electron chi connectivity index (χ4n) is 2.47. The quantitative estimate of drug-likeness (QED) is 0.747. The van der Waals surface area contributed by atoms with Crippen LogP contribution >= 0.6 is 11.8 Å². The minimum Gasteiger partial charge on any atom is -0.492 e. The minimum absolute atomic E-state index is 0.240. The van der Waals surface area contributed by atoms with E-state index in [1.54, 1.807) is 6.08 Å². The maximum atomic E-state index is 12.4. The number of rotatable bonds is 5. The van der Waals surface area contributed by atoms with Gasteiger partial charge in [0.2, 0.25) is 0 Å². The highest BCUT2D eigenvalue weighted by atomic mass is 32.2. The Morgan fingerprint density at radius 3 is 2.52 bits per heavy atom. The van der Waals surface area contributed by atoms with Crippen molar-refractivity contribution in [3.05, 3.63) is 70.1 Å². The summed E-state index contributed by atoms with van der Waals surface area (Å²) in [5.74, 6) is 0.477. The highest BCUT2D eigenvalue weighted by Gasteiger charge is 2.34. The smallest absolute Gasteiger partial charge is 0.293 e. The molecule has 1 aliphatic rings. The van der Waals surface area contributed by atoms with Gasteiger partial charge >= 0.3 is 0 Å². The van der Waals surface area contributed by atoms with Crippen LogP contribution in [0.3, 0.4) is 0 Å². The number of carbonyl (C=O) groups is 2. The lowest BCUT2D eigenvalue weighted by Gasteiger charge is -2.13. The summed E-state index contributed by atoms with van der Waals surface area (Å²) < 4.78 is 5.64. The minimum atomic E-state index is -0.261. The molecule has 0 aliphatic carbocycles. The van der Waals surface area contributed by atoms with Gasteiger partial charge in [0.15, 0.2) is 0 Å². The van der Waals surface area contributed by atoms with E-state index in [0.29, 0.717) is 4.91 Å². The number of hydrogen-bond acceptors (Lipinski definition) is 4. The summed E-state index contributed by atoms with van der Waals surface area (Å²) in [5.41, 5.74) is 3.16. The van der Waals surface area contributed by atoms with Crippen molar-refractivity contribution in [2.24, 2.45) is 0 Å². The molecule has 4 nitrogen and oxygen atoms in total. The fraction of sp³-hybridized carbons (Fsp3) is 0.200. The Morgan fingerprint density at radius 2 is 1.80 bits per heavy atom. The summed E-state index contributed by atoms with van der Waals surface area (Å²) >= 11 is 0.973. The molecule has 1 saturated heterocycles. The van der Waals surface area contributed by atoms with E-state index in [-0.39, 0.29) is 24.3 Å². The largest absolute Gasteiger partial charge is 0.492 e. The molecule has 0 unspecified atom stereocenters. The van der Waals surface area contributed by atoms with Gasteiger partial charge in [-0.2, -0.15) is 0 Å². The monoisotopic (exact) mass is 353 g/mol. The van der Waals surface area contributed by atoms with Gasteiger partial charge in [-0.25, -0.2) is 0 Å². The van der Waals surface area contributed by atoms with E-state index in [1.807, 2.05) is 62.4 Å². The van der Waals surface area contributed by atoms with E-state index >= 15 is 0 Å². The summed E-state index contributed by atoms with van der Waals surface area (Å²) in [6.45, 7) is 4.51. The van der Waals surface area contributed by atoms with Gasteiger partial charge in [-0.15, -0.1) is 0 Å². The summed E-state index contributed by atoms with van der Waals surface area (Å²) in [6, 6.07) is 15.5. The first-order chi connectivity index (χ1) is 12.0. The van der Waals surface area contributed by atoms with Crippen LogP contribution in [-0.4, -0.2) is 29.2 Å². The van der Waals surface area contributed by atoms with Crippen LogP contribution in [0.1, 0.15) is 16.7 Å². The molecule has 0 bridgehead atoms. The van der Waals surface area contributed by atoms with Crippen molar-refractivity contribution in [3.63, 3.8) is 0 Å². The molecule has 5 heteroatoms. The SMILES string of the molecule is Cc1ccc(/C=C2\SC(=O)N(CCOc3cccc(C)c3)C2=O)cc1. The van der Waals surface area contributed by atoms with Crippen LogP contribution in [0.15, 0.2) is 53.4 Å². The van der Waals surface area contributed by atoms with Gasteiger partial charge in [0.05, 0.1) is 11.4 Å². The molecule has 0 N–H and O–H groups in total. The molecule has 0 atom stereocenters. The highest BCUT2D eigenvalue weighted by Crippen LogP contribution is 2.32. The van der Waals surface area contributed by atoms with Gasteiger partial charge in [0, 0.05) is 0 Å². The molecule has 2 aromatic carbocycles. The molecular weight excluding hydrogens is 334 g/mol. The normalized spacial score (nSPS) is 15.9. The van der Waals surface area contributed by atoms with E-state index in [2.05, 4.69) is 0 Å². The number of nitrogens with zero attached hydrogens (tertiary/aromatic N) is 1. The molecule has 128 valence electrons. The van der Waals surface area contributed by atoms with Gasteiger partial charge in [-0.3, -0.25) is 14.5 Å². The number of aryl methyl sites for hydroxylation is 2. The van der Waals surface area contributed by atoms with Crippen molar-refractivity contribution in [3.8, 4) is 5.75 Å². The molecular formula is C20H19NO3S. The first-order valence-corrected chi connectivity index (χ1v) is 8.86. The van der Waals surface area contributed by atoms with Crippen LogP contribution in [0.25, 0.3) is 6.08 Å². The van der Waals surface area contributed by atoms with Crippen LogP contribution < -0.4 is 4.74 Å². The summed E-state index contributed by atoms with van der Waals surface area (Å²) in [5, 5.41) is -0.254. The first-order valence-electron chi connectivity index (χ1n) is 8.04. The zero-order valence-electron chi connectivity index (χ0n) is 14.2. The van der Waals surface area contributed by atoms with E-state index < -0.39 is 0 Å². The number of hydrogen-bond donors (Lipinski definition) is 0. The van der Waals surface area contributed by atoms with Crippen molar-refractivity contribution in [2.75, 3.05) is 13.2 Å². The van der Waals surface area contributed by atoms with Crippen LogP contribution in [-0.2, 0) is 4.79 Å². The molecule has 0 saturated carbocycles. The Kier molecular flexibility index (Phi) is 5.24. The van der Waals surface area contributed by atoms with Crippen molar-refractivity contribution in [1.82, 2.24) is 4.90 Å². The Labute approximate surface area is 151 Å². The fourth-order valence-corrected chi connectivity index (χ4v) is 3.33. The van der Waals surface area contributed by atoms with E-state index in [9.17, 15) is 9.59 Å². The Bertz CT molecular complexity index is 827. The van der Waals surface area contributed by atoms with E-state index in [1.165, 1.54) is 4.90 Å². The third-order valence-electron chi connectivity index (χ3n) is 3.82. The number of thioether (sulfide) groups is 1. The second-order valence-corrected chi connectivity index (χ2v) is 6.90. The predicted molar refractivity (Wildman–Crippen MR) is 101 cm³/mol. The van der Waals surface area contributed by atoms with Crippen molar-refractivity contribution in [2.45, 2.75) is 13.8 Å². The lowest BCUT2D eigenvalue weighted by atomic mass is 10.1. The second-order valence-electron chi connectivity index (χ2n) is 5.91. The zero-order chi connectivity index (χ0) is 17.8. The third-order valence-corrected chi connectivity index (χ3v) is 4.73. The van der Waals surface area contributed by atoms with Crippen molar-refractivity contribution in [1.29, 1.82) is 0 Å². The molecule has 25 heavy (non-hydrogen) atoms. The van der Waals surface area contributed by atoms with E-state index in [4.69, 9.17) is 4.74 Å². The molecule has 2 amide bonds. The molecule has 1 fully saturated rings.